The normalized spacial score (nSPS) is 15.0. The molecule has 0 amide bonds. The molecule has 0 saturated carbocycles. The van der Waals surface area contributed by atoms with E-state index in [1.165, 1.54) is 10.3 Å². The van der Waals surface area contributed by atoms with E-state index in [-0.39, 0.29) is 0 Å². The summed E-state index contributed by atoms with van der Waals surface area (Å²) in [5, 5.41) is 4.39. The van der Waals surface area contributed by atoms with Gasteiger partial charge in [0.25, 0.3) is 0 Å². The van der Waals surface area contributed by atoms with Crippen LogP contribution in [0.15, 0.2) is 42.6 Å². The summed E-state index contributed by atoms with van der Waals surface area (Å²) in [6.45, 7) is 4.04. The minimum absolute atomic E-state index is 0.723. The van der Waals surface area contributed by atoms with Crippen LogP contribution in [0.3, 0.4) is 0 Å². The molecule has 1 aliphatic rings. The summed E-state index contributed by atoms with van der Waals surface area (Å²) in [4.78, 5) is 11.5. The van der Waals surface area contributed by atoms with Crippen molar-refractivity contribution >= 4 is 32.5 Å². The van der Waals surface area contributed by atoms with Gasteiger partial charge in [0.05, 0.1) is 23.4 Å². The molecule has 118 valence electrons. The first-order valence-corrected chi connectivity index (χ1v) is 8.58. The van der Waals surface area contributed by atoms with Crippen LogP contribution in [-0.4, -0.2) is 36.3 Å². The van der Waals surface area contributed by atoms with Gasteiger partial charge in [0.1, 0.15) is 5.82 Å². The van der Waals surface area contributed by atoms with Gasteiger partial charge >= 0.3 is 0 Å². The third-order valence-electron chi connectivity index (χ3n) is 3.90. The van der Waals surface area contributed by atoms with Crippen LogP contribution in [0.25, 0.3) is 10.2 Å². The highest BCUT2D eigenvalue weighted by atomic mass is 32.1. The highest BCUT2D eigenvalue weighted by Crippen LogP contribution is 2.26. The molecule has 1 fully saturated rings. The SMILES string of the molecule is c1cnc(N2CCOCC2)c(CNc2nc3ccccc3s2)c1. The van der Waals surface area contributed by atoms with Crippen molar-refractivity contribution in [1.82, 2.24) is 9.97 Å². The smallest absolute Gasteiger partial charge is 0.184 e. The summed E-state index contributed by atoms with van der Waals surface area (Å²) in [7, 11) is 0. The zero-order chi connectivity index (χ0) is 15.5. The fourth-order valence-corrected chi connectivity index (χ4v) is 3.61. The molecule has 2 aromatic heterocycles. The van der Waals surface area contributed by atoms with E-state index < -0.39 is 0 Å². The number of hydrogen-bond acceptors (Lipinski definition) is 6. The molecule has 4 rings (SSSR count). The van der Waals surface area contributed by atoms with Crippen LogP contribution in [0, 0.1) is 0 Å². The zero-order valence-corrected chi connectivity index (χ0v) is 13.6. The van der Waals surface area contributed by atoms with Crippen molar-refractivity contribution in [2.75, 3.05) is 36.5 Å². The van der Waals surface area contributed by atoms with Crippen LogP contribution in [0.2, 0.25) is 0 Å². The monoisotopic (exact) mass is 326 g/mol. The third-order valence-corrected chi connectivity index (χ3v) is 4.90. The molecule has 1 saturated heterocycles. The van der Waals surface area contributed by atoms with E-state index in [9.17, 15) is 0 Å². The van der Waals surface area contributed by atoms with Crippen molar-refractivity contribution in [2.24, 2.45) is 0 Å². The Labute approximate surface area is 138 Å². The van der Waals surface area contributed by atoms with Gasteiger partial charge in [-0.1, -0.05) is 29.5 Å². The average Bonchev–Trinajstić information content (AvgIpc) is 3.04. The van der Waals surface area contributed by atoms with E-state index >= 15 is 0 Å². The summed E-state index contributed by atoms with van der Waals surface area (Å²) in [6, 6.07) is 12.3. The lowest BCUT2D eigenvalue weighted by atomic mass is 10.2. The Morgan fingerprint density at radius 1 is 1.13 bits per heavy atom. The summed E-state index contributed by atoms with van der Waals surface area (Å²) >= 11 is 1.68. The number of anilines is 2. The van der Waals surface area contributed by atoms with Gasteiger partial charge in [-0.15, -0.1) is 0 Å². The Bertz CT molecular complexity index is 765. The number of hydrogen-bond donors (Lipinski definition) is 1. The van der Waals surface area contributed by atoms with E-state index in [1.54, 1.807) is 11.3 Å². The van der Waals surface area contributed by atoms with Crippen molar-refractivity contribution in [1.29, 1.82) is 0 Å². The van der Waals surface area contributed by atoms with Gasteiger partial charge in [0.2, 0.25) is 0 Å². The van der Waals surface area contributed by atoms with Gasteiger partial charge in [-0.3, -0.25) is 0 Å². The Morgan fingerprint density at radius 3 is 2.87 bits per heavy atom. The maximum atomic E-state index is 5.43. The zero-order valence-electron chi connectivity index (χ0n) is 12.7. The maximum absolute atomic E-state index is 5.43. The van der Waals surface area contributed by atoms with E-state index in [4.69, 9.17) is 4.74 Å². The van der Waals surface area contributed by atoms with Gasteiger partial charge in [-0.05, 0) is 18.2 Å². The first kappa shape index (κ1) is 14.4. The lowest BCUT2D eigenvalue weighted by Gasteiger charge is -2.29. The van der Waals surface area contributed by atoms with Crippen molar-refractivity contribution in [3.8, 4) is 0 Å². The number of para-hydroxylation sites is 1. The fraction of sp³-hybridized carbons (Fsp3) is 0.294. The summed E-state index contributed by atoms with van der Waals surface area (Å²) in [6.07, 6.45) is 1.85. The van der Waals surface area contributed by atoms with Gasteiger partial charge in [0, 0.05) is 31.4 Å². The highest BCUT2D eigenvalue weighted by molar-refractivity contribution is 7.22. The molecule has 0 atom stereocenters. The molecule has 6 heteroatoms. The summed E-state index contributed by atoms with van der Waals surface area (Å²) < 4.78 is 6.63. The van der Waals surface area contributed by atoms with E-state index in [2.05, 4.69) is 32.3 Å². The van der Waals surface area contributed by atoms with Crippen LogP contribution in [0.5, 0.6) is 0 Å². The molecule has 0 aliphatic carbocycles. The van der Waals surface area contributed by atoms with E-state index in [0.29, 0.717) is 0 Å². The van der Waals surface area contributed by atoms with E-state index in [1.807, 2.05) is 30.5 Å². The van der Waals surface area contributed by atoms with Crippen LogP contribution in [-0.2, 0) is 11.3 Å². The Hall–Kier alpha value is -2.18. The molecule has 1 aliphatic heterocycles. The average molecular weight is 326 g/mol. The minimum Gasteiger partial charge on any atom is -0.378 e. The minimum atomic E-state index is 0.723. The van der Waals surface area contributed by atoms with Crippen LogP contribution in [0.1, 0.15) is 5.56 Å². The number of benzene rings is 1. The fourth-order valence-electron chi connectivity index (χ4n) is 2.75. The number of thiazole rings is 1. The second kappa shape index (κ2) is 6.52. The number of rotatable bonds is 4. The van der Waals surface area contributed by atoms with Crippen molar-refractivity contribution in [3.05, 3.63) is 48.2 Å². The van der Waals surface area contributed by atoms with Gasteiger partial charge in [-0.2, -0.15) is 0 Å². The van der Waals surface area contributed by atoms with Crippen LogP contribution >= 0.6 is 11.3 Å². The molecule has 3 aromatic rings. The van der Waals surface area contributed by atoms with E-state index in [0.717, 1.165) is 49.3 Å². The summed E-state index contributed by atoms with van der Waals surface area (Å²) in [5.74, 6) is 1.05. The lowest BCUT2D eigenvalue weighted by molar-refractivity contribution is 0.122. The lowest BCUT2D eigenvalue weighted by Crippen LogP contribution is -2.37. The molecule has 23 heavy (non-hydrogen) atoms. The van der Waals surface area contributed by atoms with Gasteiger partial charge in [-0.25, -0.2) is 9.97 Å². The molecule has 1 N–H and O–H groups in total. The number of morpholine rings is 1. The molecule has 3 heterocycles. The molecule has 0 unspecified atom stereocenters. The number of nitrogens with zero attached hydrogens (tertiary/aromatic N) is 3. The van der Waals surface area contributed by atoms with Crippen molar-refractivity contribution < 1.29 is 4.74 Å². The number of fused-ring (bicyclic) bond motifs is 1. The molecular formula is C17H18N4OS. The van der Waals surface area contributed by atoms with Gasteiger partial charge in [0.15, 0.2) is 5.13 Å². The second-order valence-corrected chi connectivity index (χ2v) is 6.46. The van der Waals surface area contributed by atoms with Crippen molar-refractivity contribution in [2.45, 2.75) is 6.54 Å². The highest BCUT2D eigenvalue weighted by Gasteiger charge is 2.15. The Kier molecular flexibility index (Phi) is 4.08. The topological polar surface area (TPSA) is 50.3 Å². The number of ether oxygens (including phenoxy) is 1. The molecule has 1 aromatic carbocycles. The predicted octanol–water partition coefficient (Wildman–Crippen LogP) is 3.14. The quantitative estimate of drug-likeness (QED) is 0.798. The van der Waals surface area contributed by atoms with Crippen LogP contribution in [0.4, 0.5) is 10.9 Å². The Balaban J connectivity index is 1.52. The number of aromatic nitrogens is 2. The molecule has 0 bridgehead atoms. The third kappa shape index (κ3) is 3.13. The molecule has 0 radical (unpaired) electrons. The predicted molar refractivity (Wildman–Crippen MR) is 94.2 cm³/mol. The maximum Gasteiger partial charge on any atom is 0.184 e. The largest absolute Gasteiger partial charge is 0.378 e. The standard InChI is InChI=1S/C17H18N4OS/c1-2-6-15-14(5-1)20-17(23-15)19-12-13-4-3-7-18-16(13)21-8-10-22-11-9-21/h1-7H,8-12H2,(H,19,20). The van der Waals surface area contributed by atoms with Crippen molar-refractivity contribution in [3.63, 3.8) is 0 Å². The van der Waals surface area contributed by atoms with Gasteiger partial charge < -0.3 is 15.0 Å². The number of pyridine rings is 1. The first-order valence-electron chi connectivity index (χ1n) is 7.76. The second-order valence-electron chi connectivity index (χ2n) is 5.43. The molecule has 0 spiro atoms. The van der Waals surface area contributed by atoms with Crippen LogP contribution < -0.4 is 10.2 Å². The molecule has 5 nitrogen and oxygen atoms in total. The molecular weight excluding hydrogens is 308 g/mol. The Morgan fingerprint density at radius 2 is 2.00 bits per heavy atom. The first-order chi connectivity index (χ1) is 11.4. The summed E-state index contributed by atoms with van der Waals surface area (Å²) in [5.41, 5.74) is 2.23. The number of nitrogens with one attached hydrogen (secondary N) is 1.